The number of hydrogen-bond acceptors (Lipinski definition) is 6. The molecule has 2 saturated heterocycles. The van der Waals surface area contributed by atoms with Gasteiger partial charge in [-0.05, 0) is 76.9 Å². The van der Waals surface area contributed by atoms with E-state index in [4.69, 9.17) is 10.1 Å². The highest BCUT2D eigenvalue weighted by atomic mass is 15.3. The van der Waals surface area contributed by atoms with Crippen LogP contribution >= 0.6 is 0 Å². The molecular weight excluding hydrogens is 410 g/mol. The third kappa shape index (κ3) is 3.99. The van der Waals surface area contributed by atoms with Gasteiger partial charge in [0.1, 0.15) is 11.5 Å². The summed E-state index contributed by atoms with van der Waals surface area (Å²) in [4.78, 5) is 17.0. The summed E-state index contributed by atoms with van der Waals surface area (Å²) in [6, 6.07) is 2.87. The van der Waals surface area contributed by atoms with E-state index in [-0.39, 0.29) is 0 Å². The van der Waals surface area contributed by atoms with Crippen molar-refractivity contribution in [3.05, 3.63) is 59.5 Å². The molecule has 0 atom stereocenters. The Labute approximate surface area is 195 Å². The molecule has 0 aliphatic carbocycles. The molecule has 4 aliphatic heterocycles. The predicted molar refractivity (Wildman–Crippen MR) is 132 cm³/mol. The second kappa shape index (κ2) is 8.45. The van der Waals surface area contributed by atoms with Crippen LogP contribution in [0.5, 0.6) is 0 Å². The summed E-state index contributed by atoms with van der Waals surface area (Å²) in [7, 11) is 0. The summed E-state index contributed by atoms with van der Waals surface area (Å²) >= 11 is 0. The Bertz CT molecular complexity index is 1170. The number of hydrogen-bond donors (Lipinski definition) is 0. The summed E-state index contributed by atoms with van der Waals surface area (Å²) in [6.07, 6.45) is 17.5. The largest absolute Gasteiger partial charge is 0.370 e. The molecule has 2 aromatic heterocycles. The van der Waals surface area contributed by atoms with E-state index < -0.39 is 0 Å². The third-order valence-corrected chi connectivity index (χ3v) is 7.46. The van der Waals surface area contributed by atoms with Crippen molar-refractivity contribution in [1.29, 1.82) is 0 Å². The van der Waals surface area contributed by atoms with Crippen molar-refractivity contribution < 1.29 is 0 Å². The van der Waals surface area contributed by atoms with Crippen molar-refractivity contribution >= 4 is 17.0 Å². The van der Waals surface area contributed by atoms with E-state index in [1.165, 1.54) is 50.9 Å². The maximum Gasteiger partial charge on any atom is 0.133 e. The first-order valence-electron chi connectivity index (χ1n) is 12.4. The first kappa shape index (κ1) is 20.7. The molecule has 0 radical (unpaired) electrons. The van der Waals surface area contributed by atoms with Crippen molar-refractivity contribution in [1.82, 2.24) is 29.3 Å². The molecule has 6 heterocycles. The van der Waals surface area contributed by atoms with Gasteiger partial charge in [-0.15, -0.1) is 0 Å². The Morgan fingerprint density at radius 1 is 0.970 bits per heavy atom. The molecule has 4 aliphatic rings. The molecule has 0 spiro atoms. The molecule has 7 nitrogen and oxygen atoms in total. The topological polar surface area (TPSA) is 52.3 Å². The maximum absolute atomic E-state index is 4.93. The number of allylic oxidation sites excluding steroid dienone is 1. The molecule has 0 bridgehead atoms. The minimum absolute atomic E-state index is 0.778. The maximum atomic E-state index is 4.93. The van der Waals surface area contributed by atoms with E-state index in [1.807, 2.05) is 24.6 Å². The number of aryl methyl sites for hydroxylation is 2. The molecule has 0 unspecified atom stereocenters. The molecule has 6 rings (SSSR count). The number of piperidine rings is 2. The lowest BCUT2D eigenvalue weighted by atomic mass is 9.99. The van der Waals surface area contributed by atoms with Crippen LogP contribution < -0.4 is 0 Å². The molecule has 0 saturated carbocycles. The smallest absolute Gasteiger partial charge is 0.133 e. The zero-order chi connectivity index (χ0) is 22.4. The number of nitrogens with zero attached hydrogens (tertiary/aromatic N) is 7. The van der Waals surface area contributed by atoms with Gasteiger partial charge in [0.2, 0.25) is 0 Å². The van der Waals surface area contributed by atoms with Gasteiger partial charge in [-0.1, -0.05) is 6.42 Å². The summed E-state index contributed by atoms with van der Waals surface area (Å²) in [5, 5.41) is 4.76. The van der Waals surface area contributed by atoms with Crippen LogP contribution in [-0.4, -0.2) is 73.9 Å². The van der Waals surface area contributed by atoms with Crippen molar-refractivity contribution in [3.63, 3.8) is 0 Å². The fourth-order valence-corrected chi connectivity index (χ4v) is 5.66. The molecule has 33 heavy (non-hydrogen) atoms. The summed E-state index contributed by atoms with van der Waals surface area (Å²) < 4.78 is 1.92. The minimum atomic E-state index is 0.778. The van der Waals surface area contributed by atoms with Crippen LogP contribution in [0.3, 0.4) is 0 Å². The molecule has 2 aromatic rings. The van der Waals surface area contributed by atoms with Gasteiger partial charge in [0.25, 0.3) is 0 Å². The van der Waals surface area contributed by atoms with Crippen LogP contribution in [0.4, 0.5) is 0 Å². The van der Waals surface area contributed by atoms with Crippen LogP contribution in [-0.2, 0) is 0 Å². The fraction of sp³-hybridized carbons (Fsp3) is 0.500. The van der Waals surface area contributed by atoms with Gasteiger partial charge in [-0.3, -0.25) is 4.98 Å². The van der Waals surface area contributed by atoms with Crippen molar-refractivity contribution in [3.8, 4) is 0 Å². The lowest BCUT2D eigenvalue weighted by Crippen LogP contribution is -2.46. The van der Waals surface area contributed by atoms with Gasteiger partial charge in [-0.2, -0.15) is 5.10 Å². The standard InChI is InChI=1S/C26H33N7/c1-19-17-33-25(20(2)27-19)16-24(29-33)23-10-15-32-18-22(6-7-26(32)28-23)31-13-8-21(9-14-31)30-11-4-3-5-12-30/h6-7,10,16-18,21H,3-5,8-9,11-15H2,1-2H3. The third-order valence-electron chi connectivity index (χ3n) is 7.46. The first-order chi connectivity index (χ1) is 16.1. The Kier molecular flexibility index (Phi) is 5.29. The van der Waals surface area contributed by atoms with Crippen molar-refractivity contribution in [2.24, 2.45) is 4.99 Å². The Morgan fingerprint density at radius 2 is 1.79 bits per heavy atom. The highest BCUT2D eigenvalue weighted by Crippen LogP contribution is 2.27. The van der Waals surface area contributed by atoms with Gasteiger partial charge in [0, 0.05) is 31.9 Å². The molecule has 0 aromatic carbocycles. The Hall–Kier alpha value is -2.93. The van der Waals surface area contributed by atoms with Gasteiger partial charge in [-0.25, -0.2) is 9.51 Å². The average Bonchev–Trinajstić information content (AvgIpc) is 3.29. The van der Waals surface area contributed by atoms with E-state index in [2.05, 4.69) is 50.2 Å². The summed E-state index contributed by atoms with van der Waals surface area (Å²) in [5.41, 5.74) is 6.15. The summed E-state index contributed by atoms with van der Waals surface area (Å²) in [5.74, 6) is 0.988. The van der Waals surface area contributed by atoms with Crippen LogP contribution in [0.15, 0.2) is 47.4 Å². The van der Waals surface area contributed by atoms with Gasteiger partial charge >= 0.3 is 0 Å². The van der Waals surface area contributed by atoms with E-state index in [0.29, 0.717) is 0 Å². The quantitative estimate of drug-likeness (QED) is 0.723. The number of amidine groups is 1. The molecule has 172 valence electrons. The number of fused-ring (bicyclic) bond motifs is 2. The van der Waals surface area contributed by atoms with E-state index in [0.717, 1.165) is 59.8 Å². The van der Waals surface area contributed by atoms with Crippen LogP contribution in [0, 0.1) is 13.8 Å². The van der Waals surface area contributed by atoms with Crippen LogP contribution in [0.2, 0.25) is 0 Å². The molecule has 7 heteroatoms. The van der Waals surface area contributed by atoms with Crippen LogP contribution in [0.1, 0.15) is 49.2 Å². The fourth-order valence-electron chi connectivity index (χ4n) is 5.66. The van der Waals surface area contributed by atoms with Crippen LogP contribution in [0.25, 0.3) is 11.2 Å². The first-order valence-corrected chi connectivity index (χ1v) is 12.4. The molecule has 0 N–H and O–H groups in total. The second-order valence-corrected chi connectivity index (χ2v) is 9.74. The molecular formula is C26H33N7. The van der Waals surface area contributed by atoms with Crippen molar-refractivity contribution in [2.45, 2.75) is 52.0 Å². The highest BCUT2D eigenvalue weighted by Gasteiger charge is 2.27. The zero-order valence-corrected chi connectivity index (χ0v) is 19.7. The lowest BCUT2D eigenvalue weighted by molar-refractivity contribution is 0.106. The minimum Gasteiger partial charge on any atom is -0.370 e. The number of likely N-dealkylation sites (tertiary alicyclic amines) is 2. The second-order valence-electron chi connectivity index (χ2n) is 9.74. The van der Waals surface area contributed by atoms with E-state index in [1.54, 1.807) is 0 Å². The van der Waals surface area contributed by atoms with Gasteiger partial charge in [0.05, 0.1) is 34.5 Å². The predicted octanol–water partition coefficient (Wildman–Crippen LogP) is 3.76. The van der Waals surface area contributed by atoms with E-state index >= 15 is 0 Å². The normalized spacial score (nSPS) is 22.3. The highest BCUT2D eigenvalue weighted by molar-refractivity contribution is 6.00. The van der Waals surface area contributed by atoms with Gasteiger partial charge < -0.3 is 14.7 Å². The number of aliphatic imine (C=N–C) groups is 1. The molecule has 2 fully saturated rings. The SMILES string of the molecule is Cc1cn2nc(C3=CCN4C=C(N5CCC(N6CCCCC6)CC5)C=CC4=N3)cc2c(C)n1. The summed E-state index contributed by atoms with van der Waals surface area (Å²) in [6.45, 7) is 9.74. The van der Waals surface area contributed by atoms with Crippen molar-refractivity contribution in [2.75, 3.05) is 32.7 Å². The average molecular weight is 444 g/mol. The lowest BCUT2D eigenvalue weighted by Gasteiger charge is -2.42. The monoisotopic (exact) mass is 443 g/mol. The Balaban J connectivity index is 1.14. The number of aromatic nitrogens is 3. The number of rotatable bonds is 3. The van der Waals surface area contributed by atoms with Gasteiger partial charge in [0.15, 0.2) is 0 Å². The molecule has 0 amide bonds. The van der Waals surface area contributed by atoms with E-state index in [9.17, 15) is 0 Å². The Morgan fingerprint density at radius 3 is 2.61 bits per heavy atom. The zero-order valence-electron chi connectivity index (χ0n) is 19.7.